The average molecular weight is 396 g/mol. The first-order valence-electron chi connectivity index (χ1n) is 8.23. The van der Waals surface area contributed by atoms with E-state index in [0.717, 1.165) is 11.3 Å². The van der Waals surface area contributed by atoms with Gasteiger partial charge >= 0.3 is 6.36 Å². The Bertz CT molecular complexity index is 822. The molecule has 144 valence electrons. The Morgan fingerprint density at radius 1 is 1.19 bits per heavy atom. The molecule has 2 aromatic rings. The van der Waals surface area contributed by atoms with Crippen molar-refractivity contribution < 1.29 is 23.0 Å². The number of ether oxygens (including phenoxy) is 1. The van der Waals surface area contributed by atoms with Gasteiger partial charge in [0.05, 0.1) is 5.60 Å². The third-order valence-electron chi connectivity index (χ3n) is 3.85. The quantitative estimate of drug-likeness (QED) is 0.786. The molecule has 0 amide bonds. The third kappa shape index (κ3) is 5.11. The van der Waals surface area contributed by atoms with Crippen LogP contribution in [0.15, 0.2) is 52.2 Å². The van der Waals surface area contributed by atoms with Crippen molar-refractivity contribution in [1.82, 2.24) is 4.90 Å². The van der Waals surface area contributed by atoms with Crippen LogP contribution in [0.25, 0.3) is 5.70 Å². The lowest BCUT2D eigenvalue weighted by atomic mass is 10.0. The minimum Gasteiger partial charge on any atom is -0.406 e. The maximum Gasteiger partial charge on any atom is 0.573 e. The number of rotatable bonds is 5. The second kappa shape index (κ2) is 7.36. The number of β-amino-alcohol motifs (C(OH)–C–C–N with tert-alkyl or cyclic N) is 1. The van der Waals surface area contributed by atoms with Gasteiger partial charge in [-0.2, -0.15) is 11.3 Å². The van der Waals surface area contributed by atoms with Crippen LogP contribution in [0.5, 0.6) is 5.75 Å². The number of alkyl halides is 3. The highest BCUT2D eigenvalue weighted by Crippen LogP contribution is 2.36. The first-order valence-corrected chi connectivity index (χ1v) is 9.17. The first kappa shape index (κ1) is 19.4. The maximum atomic E-state index is 12.4. The Morgan fingerprint density at radius 3 is 2.44 bits per heavy atom. The summed E-state index contributed by atoms with van der Waals surface area (Å²) in [7, 11) is 0. The molecule has 1 atom stereocenters. The van der Waals surface area contributed by atoms with E-state index in [1.54, 1.807) is 49.6 Å². The van der Waals surface area contributed by atoms with Crippen LogP contribution < -0.4 is 4.74 Å². The van der Waals surface area contributed by atoms with Crippen LogP contribution in [-0.2, 0) is 0 Å². The number of hydrogen-bond donors (Lipinski definition) is 1. The van der Waals surface area contributed by atoms with Gasteiger partial charge < -0.3 is 14.7 Å². The molecule has 8 heteroatoms. The normalized spacial score (nSPS) is 17.8. The first-order chi connectivity index (χ1) is 12.6. The summed E-state index contributed by atoms with van der Waals surface area (Å²) in [6, 6.07) is 7.64. The average Bonchev–Trinajstić information content (AvgIpc) is 3.07. The molecular weight excluding hydrogens is 377 g/mol. The van der Waals surface area contributed by atoms with E-state index in [2.05, 4.69) is 9.73 Å². The molecule has 27 heavy (non-hydrogen) atoms. The van der Waals surface area contributed by atoms with Crippen LogP contribution in [0.1, 0.15) is 31.1 Å². The van der Waals surface area contributed by atoms with E-state index in [0.29, 0.717) is 12.1 Å². The number of thiophene rings is 1. The molecule has 0 aliphatic carbocycles. The van der Waals surface area contributed by atoms with Gasteiger partial charge in [-0.3, -0.25) is 4.99 Å². The molecule has 1 aliphatic heterocycles. The molecule has 1 unspecified atom stereocenters. The highest BCUT2D eigenvalue weighted by atomic mass is 32.1. The highest BCUT2D eigenvalue weighted by Gasteiger charge is 2.32. The second-order valence-electron chi connectivity index (χ2n) is 6.79. The van der Waals surface area contributed by atoms with Crippen LogP contribution in [0.4, 0.5) is 13.2 Å². The van der Waals surface area contributed by atoms with Gasteiger partial charge in [0, 0.05) is 24.0 Å². The zero-order chi connectivity index (χ0) is 19.7. The Labute approximate surface area is 159 Å². The molecule has 0 fully saturated rings. The fourth-order valence-electron chi connectivity index (χ4n) is 2.87. The molecule has 3 rings (SSSR count). The standard InChI is InChI=1S/C19H19F3N2O2S/c1-18(2,25)12-24-16(7-9-23-17(24)14-8-10-27-11-14)13-3-5-15(6-4-13)26-19(20,21)22/h3-11,17,25H,12H2,1-2H3. The van der Waals surface area contributed by atoms with Crippen LogP contribution in [-0.4, -0.2) is 34.7 Å². The van der Waals surface area contributed by atoms with Crippen molar-refractivity contribution in [2.45, 2.75) is 32.0 Å². The van der Waals surface area contributed by atoms with E-state index in [-0.39, 0.29) is 11.9 Å². The minimum absolute atomic E-state index is 0.278. The van der Waals surface area contributed by atoms with E-state index >= 15 is 0 Å². The van der Waals surface area contributed by atoms with E-state index < -0.39 is 12.0 Å². The van der Waals surface area contributed by atoms with Gasteiger partial charge in [-0.1, -0.05) is 0 Å². The SMILES string of the molecule is CC(C)(O)CN1C(c2ccc(OC(F)(F)F)cc2)=CC=NC1c1ccsc1. The lowest BCUT2D eigenvalue weighted by Crippen LogP contribution is -2.40. The number of aliphatic imine (C=N–C) groups is 1. The fourth-order valence-corrected chi connectivity index (χ4v) is 3.54. The van der Waals surface area contributed by atoms with Crippen molar-refractivity contribution in [3.63, 3.8) is 0 Å². The summed E-state index contributed by atoms with van der Waals surface area (Å²) in [6.07, 6.45) is -1.57. The zero-order valence-electron chi connectivity index (χ0n) is 14.8. The molecule has 1 N–H and O–H groups in total. The highest BCUT2D eigenvalue weighted by molar-refractivity contribution is 7.08. The minimum atomic E-state index is -4.73. The van der Waals surface area contributed by atoms with Gasteiger partial charge in [-0.15, -0.1) is 13.2 Å². The molecule has 1 aromatic carbocycles. The van der Waals surface area contributed by atoms with Crippen LogP contribution in [0, 0.1) is 0 Å². The number of nitrogens with zero attached hydrogens (tertiary/aromatic N) is 2. The second-order valence-corrected chi connectivity index (χ2v) is 7.57. The van der Waals surface area contributed by atoms with Gasteiger partial charge in [-0.05, 0) is 66.6 Å². The lowest BCUT2D eigenvalue weighted by molar-refractivity contribution is -0.274. The van der Waals surface area contributed by atoms with Gasteiger partial charge in [0.25, 0.3) is 0 Å². The summed E-state index contributed by atoms with van der Waals surface area (Å²) in [5, 5.41) is 14.3. The molecule has 0 bridgehead atoms. The number of allylic oxidation sites excluding steroid dienone is 1. The Kier molecular flexibility index (Phi) is 5.30. The summed E-state index contributed by atoms with van der Waals surface area (Å²) >= 11 is 1.55. The van der Waals surface area contributed by atoms with E-state index in [4.69, 9.17) is 0 Å². The Hall–Kier alpha value is -2.32. The van der Waals surface area contributed by atoms with Crippen LogP contribution >= 0.6 is 11.3 Å². The number of benzene rings is 1. The fraction of sp³-hybridized carbons (Fsp3) is 0.316. The van der Waals surface area contributed by atoms with Gasteiger partial charge in [-0.25, -0.2) is 0 Å². The molecule has 0 spiro atoms. The molecule has 0 saturated heterocycles. The maximum absolute atomic E-state index is 12.4. The van der Waals surface area contributed by atoms with Gasteiger partial charge in [0.1, 0.15) is 11.9 Å². The summed E-state index contributed by atoms with van der Waals surface area (Å²) in [4.78, 5) is 6.47. The Morgan fingerprint density at radius 2 is 1.89 bits per heavy atom. The summed E-state index contributed by atoms with van der Waals surface area (Å²) in [5.74, 6) is -0.278. The monoisotopic (exact) mass is 396 g/mol. The van der Waals surface area contributed by atoms with E-state index in [9.17, 15) is 18.3 Å². The molecule has 2 heterocycles. The molecule has 1 aromatic heterocycles. The van der Waals surface area contributed by atoms with Gasteiger partial charge in [0.15, 0.2) is 0 Å². The van der Waals surface area contributed by atoms with Crippen molar-refractivity contribution in [3.8, 4) is 5.75 Å². The van der Waals surface area contributed by atoms with Crippen LogP contribution in [0.2, 0.25) is 0 Å². The number of hydrogen-bond acceptors (Lipinski definition) is 5. The van der Waals surface area contributed by atoms with Crippen molar-refractivity contribution >= 4 is 23.2 Å². The molecular formula is C19H19F3N2O2S. The molecule has 4 nitrogen and oxygen atoms in total. The van der Waals surface area contributed by atoms with Crippen molar-refractivity contribution in [1.29, 1.82) is 0 Å². The van der Waals surface area contributed by atoms with Crippen molar-refractivity contribution in [3.05, 3.63) is 58.3 Å². The largest absolute Gasteiger partial charge is 0.573 e. The molecule has 0 saturated carbocycles. The number of halogens is 3. The number of aliphatic hydroxyl groups is 1. The topological polar surface area (TPSA) is 45.1 Å². The van der Waals surface area contributed by atoms with Crippen LogP contribution in [0.3, 0.4) is 0 Å². The smallest absolute Gasteiger partial charge is 0.406 e. The zero-order valence-corrected chi connectivity index (χ0v) is 15.6. The predicted molar refractivity (Wildman–Crippen MR) is 99.7 cm³/mol. The summed E-state index contributed by atoms with van der Waals surface area (Å²) < 4.78 is 41.0. The van der Waals surface area contributed by atoms with Crippen molar-refractivity contribution in [2.24, 2.45) is 4.99 Å². The van der Waals surface area contributed by atoms with E-state index in [1.807, 2.05) is 21.7 Å². The lowest BCUT2D eigenvalue weighted by Gasteiger charge is -2.38. The summed E-state index contributed by atoms with van der Waals surface area (Å²) in [5.41, 5.74) is 1.48. The predicted octanol–water partition coefficient (Wildman–Crippen LogP) is 4.84. The molecule has 0 radical (unpaired) electrons. The van der Waals surface area contributed by atoms with Crippen molar-refractivity contribution in [2.75, 3.05) is 6.54 Å². The third-order valence-corrected chi connectivity index (χ3v) is 4.55. The van der Waals surface area contributed by atoms with Gasteiger partial charge in [0.2, 0.25) is 0 Å². The Balaban J connectivity index is 1.92. The van der Waals surface area contributed by atoms with E-state index in [1.165, 1.54) is 12.1 Å². The molecule has 1 aliphatic rings. The summed E-state index contributed by atoms with van der Waals surface area (Å²) in [6.45, 7) is 3.71.